The van der Waals surface area contributed by atoms with Crippen LogP contribution < -0.4 is 5.32 Å². The van der Waals surface area contributed by atoms with Crippen molar-refractivity contribution in [3.63, 3.8) is 0 Å². The Kier molecular flexibility index (Phi) is 2.54. The number of likely N-dealkylation sites (tertiary alicyclic amines) is 1. The van der Waals surface area contributed by atoms with E-state index in [2.05, 4.69) is 28.6 Å². The third-order valence-corrected chi connectivity index (χ3v) is 4.81. The van der Waals surface area contributed by atoms with Crippen molar-refractivity contribution in [3.05, 3.63) is 21.9 Å². The minimum Gasteiger partial charge on any atom is -0.316 e. The Morgan fingerprint density at radius 1 is 1.40 bits per heavy atom. The highest BCUT2D eigenvalue weighted by atomic mass is 32.1. The quantitative estimate of drug-likeness (QED) is 0.819. The van der Waals surface area contributed by atoms with Gasteiger partial charge in [0.2, 0.25) is 0 Å². The molecule has 2 fully saturated rings. The van der Waals surface area contributed by atoms with Gasteiger partial charge in [-0.25, -0.2) is 0 Å². The fraction of sp³-hybridized carbons (Fsp3) is 0.667. The van der Waals surface area contributed by atoms with Crippen molar-refractivity contribution in [2.24, 2.45) is 11.8 Å². The summed E-state index contributed by atoms with van der Waals surface area (Å²) in [5, 5.41) is 5.70. The summed E-state index contributed by atoms with van der Waals surface area (Å²) in [6, 6.07) is 2.23. The summed E-state index contributed by atoms with van der Waals surface area (Å²) in [5.74, 6) is 1.84. The average Bonchev–Trinajstić information content (AvgIpc) is 2.83. The minimum atomic E-state index is 0.922. The van der Waals surface area contributed by atoms with Gasteiger partial charge < -0.3 is 5.32 Å². The molecule has 0 amide bonds. The Bertz CT molecular complexity index is 335. The number of hydrogen-bond donors (Lipinski definition) is 1. The zero-order valence-electron chi connectivity index (χ0n) is 9.20. The van der Waals surface area contributed by atoms with Crippen LogP contribution in [0.25, 0.3) is 0 Å². The summed E-state index contributed by atoms with van der Waals surface area (Å²) >= 11 is 1.91. The molecular weight excluding hydrogens is 204 g/mol. The van der Waals surface area contributed by atoms with Crippen LogP contribution in [0.2, 0.25) is 0 Å². The molecular formula is C12H18N2S. The van der Waals surface area contributed by atoms with Gasteiger partial charge in [-0.05, 0) is 48.9 Å². The molecule has 15 heavy (non-hydrogen) atoms. The van der Waals surface area contributed by atoms with Gasteiger partial charge in [-0.2, -0.15) is 0 Å². The van der Waals surface area contributed by atoms with Gasteiger partial charge in [-0.15, -0.1) is 11.3 Å². The van der Waals surface area contributed by atoms with Crippen LogP contribution in [-0.4, -0.2) is 31.1 Å². The zero-order chi connectivity index (χ0) is 10.3. The molecule has 0 aliphatic carbocycles. The van der Waals surface area contributed by atoms with Gasteiger partial charge in [-0.1, -0.05) is 0 Å². The van der Waals surface area contributed by atoms with E-state index >= 15 is 0 Å². The van der Waals surface area contributed by atoms with Crippen molar-refractivity contribution in [1.82, 2.24) is 10.2 Å². The monoisotopic (exact) mass is 222 g/mol. The van der Waals surface area contributed by atoms with Crippen LogP contribution in [0.4, 0.5) is 0 Å². The van der Waals surface area contributed by atoms with Crippen molar-refractivity contribution in [2.75, 3.05) is 26.2 Å². The SMILES string of the molecule is Cc1ccsc1CN1C[C@H]2CNC[C@H]2C1. The van der Waals surface area contributed by atoms with E-state index in [0.29, 0.717) is 0 Å². The van der Waals surface area contributed by atoms with E-state index in [9.17, 15) is 0 Å². The molecule has 3 heteroatoms. The maximum atomic E-state index is 3.49. The second-order valence-electron chi connectivity index (χ2n) is 4.90. The first-order valence-corrected chi connectivity index (χ1v) is 6.67. The first-order valence-electron chi connectivity index (χ1n) is 5.79. The van der Waals surface area contributed by atoms with E-state index in [4.69, 9.17) is 0 Å². The van der Waals surface area contributed by atoms with Gasteiger partial charge in [0.25, 0.3) is 0 Å². The maximum absolute atomic E-state index is 3.49. The Hall–Kier alpha value is -0.380. The zero-order valence-corrected chi connectivity index (χ0v) is 10.0. The molecule has 0 spiro atoms. The molecule has 0 unspecified atom stereocenters. The fourth-order valence-electron chi connectivity index (χ4n) is 2.85. The lowest BCUT2D eigenvalue weighted by Gasteiger charge is -2.16. The Morgan fingerprint density at radius 2 is 2.13 bits per heavy atom. The predicted molar refractivity (Wildman–Crippen MR) is 64.2 cm³/mol. The summed E-state index contributed by atoms with van der Waals surface area (Å²) in [6.45, 7) is 8.49. The lowest BCUT2D eigenvalue weighted by molar-refractivity contribution is 0.308. The molecule has 0 radical (unpaired) electrons. The van der Waals surface area contributed by atoms with Crippen molar-refractivity contribution in [1.29, 1.82) is 0 Å². The van der Waals surface area contributed by atoms with E-state index < -0.39 is 0 Å². The van der Waals surface area contributed by atoms with Gasteiger partial charge in [0.05, 0.1) is 0 Å². The molecule has 1 N–H and O–H groups in total. The van der Waals surface area contributed by atoms with E-state index in [-0.39, 0.29) is 0 Å². The van der Waals surface area contributed by atoms with E-state index in [1.807, 2.05) is 11.3 Å². The van der Waals surface area contributed by atoms with Gasteiger partial charge in [0, 0.05) is 24.5 Å². The molecule has 2 nitrogen and oxygen atoms in total. The van der Waals surface area contributed by atoms with Gasteiger partial charge in [-0.3, -0.25) is 4.90 Å². The third-order valence-electron chi connectivity index (χ3n) is 3.80. The Morgan fingerprint density at radius 3 is 2.73 bits per heavy atom. The van der Waals surface area contributed by atoms with Crippen LogP contribution in [0.3, 0.4) is 0 Å². The molecule has 3 heterocycles. The number of hydrogen-bond acceptors (Lipinski definition) is 3. The first-order chi connectivity index (χ1) is 7.33. The van der Waals surface area contributed by atoms with Crippen molar-refractivity contribution >= 4 is 11.3 Å². The van der Waals surface area contributed by atoms with Gasteiger partial charge >= 0.3 is 0 Å². The predicted octanol–water partition coefficient (Wildman–Crippen LogP) is 1.71. The van der Waals surface area contributed by atoms with Crippen molar-refractivity contribution in [3.8, 4) is 0 Å². The van der Waals surface area contributed by atoms with E-state index in [1.165, 1.54) is 38.3 Å². The van der Waals surface area contributed by atoms with Gasteiger partial charge in [0.1, 0.15) is 0 Å². The summed E-state index contributed by atoms with van der Waals surface area (Å²) in [7, 11) is 0. The van der Waals surface area contributed by atoms with Crippen LogP contribution in [-0.2, 0) is 6.54 Å². The normalized spacial score (nSPS) is 31.0. The van der Waals surface area contributed by atoms with Crippen molar-refractivity contribution in [2.45, 2.75) is 13.5 Å². The first kappa shape index (κ1) is 9.82. The standard InChI is InChI=1S/C12H18N2S/c1-9-2-3-15-12(9)8-14-6-10-4-13-5-11(10)7-14/h2-3,10-11,13H,4-8H2,1H3/t10-,11+. The highest BCUT2D eigenvalue weighted by molar-refractivity contribution is 7.10. The number of rotatable bonds is 2. The van der Waals surface area contributed by atoms with Crippen LogP contribution >= 0.6 is 11.3 Å². The molecule has 82 valence electrons. The maximum Gasteiger partial charge on any atom is 0.0330 e. The summed E-state index contributed by atoms with van der Waals surface area (Å²) in [4.78, 5) is 4.19. The molecule has 2 aliphatic heterocycles. The lowest BCUT2D eigenvalue weighted by atomic mass is 10.0. The summed E-state index contributed by atoms with van der Waals surface area (Å²) in [5.41, 5.74) is 1.47. The molecule has 0 saturated carbocycles. The minimum absolute atomic E-state index is 0.922. The molecule has 2 saturated heterocycles. The average molecular weight is 222 g/mol. The van der Waals surface area contributed by atoms with Crippen LogP contribution in [0.1, 0.15) is 10.4 Å². The summed E-state index contributed by atoms with van der Waals surface area (Å²) in [6.07, 6.45) is 0. The number of nitrogens with zero attached hydrogens (tertiary/aromatic N) is 1. The molecule has 0 bridgehead atoms. The smallest absolute Gasteiger partial charge is 0.0330 e. The van der Waals surface area contributed by atoms with Gasteiger partial charge in [0.15, 0.2) is 0 Å². The molecule has 2 aliphatic rings. The van der Waals surface area contributed by atoms with Crippen LogP contribution in [0.5, 0.6) is 0 Å². The fourth-order valence-corrected chi connectivity index (χ4v) is 3.80. The topological polar surface area (TPSA) is 15.3 Å². The number of fused-ring (bicyclic) bond motifs is 1. The molecule has 0 aromatic carbocycles. The highest BCUT2D eigenvalue weighted by Crippen LogP contribution is 2.28. The van der Waals surface area contributed by atoms with Crippen LogP contribution in [0, 0.1) is 18.8 Å². The number of aryl methyl sites for hydroxylation is 1. The second-order valence-corrected chi connectivity index (χ2v) is 5.90. The molecule has 3 rings (SSSR count). The second kappa shape index (κ2) is 3.89. The lowest BCUT2D eigenvalue weighted by Crippen LogP contribution is -2.25. The van der Waals surface area contributed by atoms with E-state index in [1.54, 1.807) is 4.88 Å². The molecule has 1 aromatic rings. The Labute approximate surface area is 95.3 Å². The highest BCUT2D eigenvalue weighted by Gasteiger charge is 2.35. The Balaban J connectivity index is 1.64. The van der Waals surface area contributed by atoms with Crippen LogP contribution in [0.15, 0.2) is 11.4 Å². The summed E-state index contributed by atoms with van der Waals surface area (Å²) < 4.78 is 0. The molecule has 1 aromatic heterocycles. The largest absolute Gasteiger partial charge is 0.316 e. The van der Waals surface area contributed by atoms with Crippen molar-refractivity contribution < 1.29 is 0 Å². The third kappa shape index (κ3) is 1.84. The number of thiophene rings is 1. The van der Waals surface area contributed by atoms with E-state index in [0.717, 1.165) is 11.8 Å². The number of nitrogens with one attached hydrogen (secondary N) is 1. The molecule has 2 atom stereocenters.